The van der Waals surface area contributed by atoms with Crippen LogP contribution in [0, 0.1) is 5.92 Å². The lowest BCUT2D eigenvalue weighted by Gasteiger charge is -2.37. The second-order valence-electron chi connectivity index (χ2n) is 8.98. The Bertz CT molecular complexity index is 1110. The maximum atomic E-state index is 13.4. The van der Waals surface area contributed by atoms with Crippen molar-refractivity contribution in [3.05, 3.63) is 71.3 Å². The maximum Gasteiger partial charge on any atom is 0.338 e. The van der Waals surface area contributed by atoms with E-state index in [1.165, 1.54) is 0 Å². The highest BCUT2D eigenvalue weighted by atomic mass is 16.5. The third kappa shape index (κ3) is 5.39. The minimum absolute atomic E-state index is 0.0120. The molecule has 1 unspecified atom stereocenters. The van der Waals surface area contributed by atoms with Gasteiger partial charge in [0.15, 0.2) is 0 Å². The lowest BCUT2D eigenvalue weighted by molar-refractivity contribution is -0.139. The summed E-state index contributed by atoms with van der Waals surface area (Å²) in [7, 11) is 0. The smallest absolute Gasteiger partial charge is 0.338 e. The van der Waals surface area contributed by atoms with Crippen molar-refractivity contribution < 1.29 is 19.1 Å². The minimum Gasteiger partial charge on any atom is -0.463 e. The van der Waals surface area contributed by atoms with Crippen LogP contribution < -0.4 is 10.6 Å². The van der Waals surface area contributed by atoms with Crippen LogP contribution in [0.5, 0.6) is 0 Å². The van der Waals surface area contributed by atoms with Crippen LogP contribution in [0.15, 0.2) is 60.2 Å². The molecule has 1 atom stereocenters. The molecule has 4 rings (SSSR count). The number of anilines is 1. The number of urea groups is 1. The van der Waals surface area contributed by atoms with Crippen molar-refractivity contribution in [2.45, 2.75) is 52.0 Å². The number of benzene rings is 2. The van der Waals surface area contributed by atoms with Crippen molar-refractivity contribution in [2.24, 2.45) is 5.92 Å². The fourth-order valence-electron chi connectivity index (χ4n) is 4.48. The zero-order chi connectivity index (χ0) is 24.8. The number of ether oxygens (including phenoxy) is 1. The first kappa shape index (κ1) is 24.5. The summed E-state index contributed by atoms with van der Waals surface area (Å²) < 4.78 is 5.48. The van der Waals surface area contributed by atoms with Crippen molar-refractivity contribution in [1.29, 1.82) is 0 Å². The van der Waals surface area contributed by atoms with Crippen molar-refractivity contribution in [3.8, 4) is 0 Å². The molecule has 35 heavy (non-hydrogen) atoms. The summed E-state index contributed by atoms with van der Waals surface area (Å²) in [6.45, 7) is 4.53. The number of carbonyl (C=O) groups excluding carboxylic acids is 3. The molecule has 7 nitrogen and oxygen atoms in total. The van der Waals surface area contributed by atoms with E-state index in [0.717, 1.165) is 37.7 Å². The van der Waals surface area contributed by atoms with Gasteiger partial charge in [-0.1, -0.05) is 62.2 Å². The zero-order valence-electron chi connectivity index (χ0n) is 20.4. The lowest BCUT2D eigenvalue weighted by atomic mass is 9.85. The Labute approximate surface area is 206 Å². The topological polar surface area (TPSA) is 87.7 Å². The molecule has 2 aromatic carbocycles. The van der Waals surface area contributed by atoms with Gasteiger partial charge in [0.2, 0.25) is 5.91 Å². The minimum atomic E-state index is -0.713. The number of carbonyl (C=O) groups is 3. The monoisotopic (exact) mass is 475 g/mol. The summed E-state index contributed by atoms with van der Waals surface area (Å²) in [4.78, 5) is 40.9. The van der Waals surface area contributed by atoms with Crippen LogP contribution in [0.1, 0.15) is 63.1 Å². The average Bonchev–Trinajstić information content (AvgIpc) is 2.82. The molecule has 2 N–H and O–H groups in total. The van der Waals surface area contributed by atoms with Crippen molar-refractivity contribution in [1.82, 2.24) is 10.2 Å². The first-order chi connectivity index (χ1) is 17.0. The number of nitrogens with zero attached hydrogens (tertiary/aromatic N) is 1. The molecule has 1 aliphatic heterocycles. The Balaban J connectivity index is 1.79. The van der Waals surface area contributed by atoms with E-state index in [4.69, 9.17) is 4.74 Å². The van der Waals surface area contributed by atoms with Gasteiger partial charge in [-0.3, -0.25) is 9.69 Å². The molecule has 184 valence electrons. The van der Waals surface area contributed by atoms with Crippen LogP contribution in [0.25, 0.3) is 5.70 Å². The van der Waals surface area contributed by atoms with Gasteiger partial charge in [0, 0.05) is 18.2 Å². The van der Waals surface area contributed by atoms with Crippen LogP contribution >= 0.6 is 0 Å². The van der Waals surface area contributed by atoms with Gasteiger partial charge in [0.05, 0.1) is 23.9 Å². The van der Waals surface area contributed by atoms with E-state index < -0.39 is 12.0 Å². The van der Waals surface area contributed by atoms with Crippen molar-refractivity contribution >= 4 is 29.3 Å². The molecule has 1 heterocycles. The first-order valence-corrected chi connectivity index (χ1v) is 12.5. The first-order valence-electron chi connectivity index (χ1n) is 12.5. The molecule has 1 saturated carbocycles. The largest absolute Gasteiger partial charge is 0.463 e. The zero-order valence-corrected chi connectivity index (χ0v) is 20.4. The van der Waals surface area contributed by atoms with Gasteiger partial charge in [0.25, 0.3) is 0 Å². The fourth-order valence-corrected chi connectivity index (χ4v) is 4.48. The van der Waals surface area contributed by atoms with E-state index in [9.17, 15) is 14.4 Å². The molecule has 1 fully saturated rings. The van der Waals surface area contributed by atoms with Gasteiger partial charge in [-0.25, -0.2) is 9.59 Å². The fraction of sp³-hybridized carbons (Fsp3) is 0.393. The summed E-state index contributed by atoms with van der Waals surface area (Å²) in [6.07, 6.45) is 4.61. The highest BCUT2D eigenvalue weighted by Gasteiger charge is 2.38. The molecule has 0 spiro atoms. The van der Waals surface area contributed by atoms with Gasteiger partial charge in [-0.05, 0) is 49.4 Å². The highest BCUT2D eigenvalue weighted by molar-refractivity contribution is 6.04. The SMILES string of the molecule is CCCCN1C(=O)NC(c2cccc(NC(=O)C3CCC3)c2)C(C(=O)OCC)=C1c1ccccc1. The molecule has 0 aromatic heterocycles. The molecule has 0 bridgehead atoms. The van der Waals surface area contributed by atoms with Crippen LogP contribution in [0.2, 0.25) is 0 Å². The summed E-state index contributed by atoms with van der Waals surface area (Å²) >= 11 is 0. The van der Waals surface area contributed by atoms with Gasteiger partial charge in [0.1, 0.15) is 0 Å². The molecule has 1 aliphatic carbocycles. The summed E-state index contributed by atoms with van der Waals surface area (Å²) in [5, 5.41) is 6.01. The maximum absolute atomic E-state index is 13.4. The Hall–Kier alpha value is -3.61. The molecule has 7 heteroatoms. The van der Waals surface area contributed by atoms with E-state index in [1.807, 2.05) is 54.6 Å². The Morgan fingerprint density at radius 3 is 2.51 bits per heavy atom. The number of esters is 1. The normalized spacial score (nSPS) is 18.1. The average molecular weight is 476 g/mol. The van der Waals surface area contributed by atoms with Gasteiger partial charge in [-0.15, -0.1) is 0 Å². The quantitative estimate of drug-likeness (QED) is 0.484. The van der Waals surface area contributed by atoms with E-state index in [2.05, 4.69) is 17.6 Å². The molecular formula is C28H33N3O4. The predicted molar refractivity (Wildman–Crippen MR) is 135 cm³/mol. The molecule has 2 aromatic rings. The van der Waals surface area contributed by atoms with Crippen molar-refractivity contribution in [2.75, 3.05) is 18.5 Å². The number of amides is 3. The lowest BCUT2D eigenvalue weighted by Crippen LogP contribution is -2.48. The van der Waals surface area contributed by atoms with Crippen LogP contribution in [-0.2, 0) is 14.3 Å². The number of rotatable bonds is 9. The number of nitrogens with one attached hydrogen (secondary N) is 2. The van der Waals surface area contributed by atoms with E-state index in [0.29, 0.717) is 29.1 Å². The summed E-state index contributed by atoms with van der Waals surface area (Å²) in [5.74, 6) is -0.403. The van der Waals surface area contributed by atoms with Crippen LogP contribution in [0.3, 0.4) is 0 Å². The Kier molecular flexibility index (Phi) is 7.85. The molecule has 0 radical (unpaired) electrons. The number of hydrogen-bond donors (Lipinski definition) is 2. The Morgan fingerprint density at radius 1 is 1.09 bits per heavy atom. The van der Waals surface area contributed by atoms with Gasteiger partial charge < -0.3 is 15.4 Å². The summed E-state index contributed by atoms with van der Waals surface area (Å²) in [5.41, 5.74) is 3.08. The van der Waals surface area contributed by atoms with Gasteiger partial charge in [-0.2, -0.15) is 0 Å². The third-order valence-electron chi connectivity index (χ3n) is 6.57. The summed E-state index contributed by atoms with van der Waals surface area (Å²) in [6, 6.07) is 15.8. The highest BCUT2D eigenvalue weighted by Crippen LogP contribution is 2.37. The second kappa shape index (κ2) is 11.2. The molecule has 0 saturated heterocycles. The predicted octanol–water partition coefficient (Wildman–Crippen LogP) is 5.27. The standard InChI is InChI=1S/C28H33N3O4/c1-3-5-17-31-25(19-11-7-6-8-12-19)23(27(33)35-4-2)24(30-28(31)34)21-15-10-16-22(18-21)29-26(32)20-13-9-14-20/h6-8,10-12,15-16,18,20,24H,3-5,9,13-14,17H2,1-2H3,(H,29,32)(H,30,34). The molecule has 3 amide bonds. The van der Waals surface area contributed by atoms with Crippen LogP contribution in [-0.4, -0.2) is 36.0 Å². The number of unbranched alkanes of at least 4 members (excludes halogenated alkanes) is 1. The number of hydrogen-bond acceptors (Lipinski definition) is 4. The second-order valence-corrected chi connectivity index (χ2v) is 8.98. The Morgan fingerprint density at radius 2 is 1.86 bits per heavy atom. The van der Waals surface area contributed by atoms with E-state index >= 15 is 0 Å². The third-order valence-corrected chi connectivity index (χ3v) is 6.57. The molecule has 2 aliphatic rings. The van der Waals surface area contributed by atoms with E-state index in [-0.39, 0.29) is 24.5 Å². The van der Waals surface area contributed by atoms with Crippen LogP contribution in [0.4, 0.5) is 10.5 Å². The van der Waals surface area contributed by atoms with E-state index in [1.54, 1.807) is 11.8 Å². The van der Waals surface area contributed by atoms with Crippen molar-refractivity contribution in [3.63, 3.8) is 0 Å². The van der Waals surface area contributed by atoms with Gasteiger partial charge >= 0.3 is 12.0 Å². The molecular weight excluding hydrogens is 442 g/mol.